The lowest BCUT2D eigenvalue weighted by molar-refractivity contribution is 0.792. The van der Waals surface area contributed by atoms with Crippen molar-refractivity contribution in [1.29, 1.82) is 0 Å². The number of hydrogen-bond acceptors (Lipinski definition) is 6. The molecule has 2 aromatic heterocycles. The summed E-state index contributed by atoms with van der Waals surface area (Å²) >= 11 is 0. The summed E-state index contributed by atoms with van der Waals surface area (Å²) in [7, 11) is 5.69. The van der Waals surface area contributed by atoms with Crippen molar-refractivity contribution in [3.63, 3.8) is 0 Å². The number of benzene rings is 2. The summed E-state index contributed by atoms with van der Waals surface area (Å²) in [5.74, 6) is 0.689. The molecule has 2 heterocycles. The molecule has 4 aromatic rings. The average Bonchev–Trinajstić information content (AvgIpc) is 3.33. The van der Waals surface area contributed by atoms with E-state index in [0.717, 1.165) is 39.6 Å². The van der Waals surface area contributed by atoms with Crippen molar-refractivity contribution < 1.29 is 0 Å². The smallest absolute Gasteiger partial charge is 0.180 e. The highest BCUT2D eigenvalue weighted by Crippen LogP contribution is 2.27. The number of allylic oxidation sites excluding steroid dienone is 2. The van der Waals surface area contributed by atoms with Crippen LogP contribution in [0.5, 0.6) is 0 Å². The van der Waals surface area contributed by atoms with Crippen LogP contribution in [0.3, 0.4) is 0 Å². The van der Waals surface area contributed by atoms with Gasteiger partial charge in [0.15, 0.2) is 11.5 Å². The average molecular weight is 470 g/mol. The zero-order chi connectivity index (χ0) is 25.4. The Kier molecular flexibility index (Phi) is 8.75. The van der Waals surface area contributed by atoms with Crippen LogP contribution >= 0.6 is 0 Å². The SMILES string of the molecule is C/C=C(\C(=NC)c1cccc(C)c1)c1cnc2c(Nc3cccc(N(C)NC)c3)nccn12.CC. The maximum atomic E-state index is 4.70. The van der Waals surface area contributed by atoms with E-state index in [1.54, 1.807) is 6.20 Å². The zero-order valence-corrected chi connectivity index (χ0v) is 21.7. The van der Waals surface area contributed by atoms with E-state index >= 15 is 0 Å². The van der Waals surface area contributed by atoms with Crippen LogP contribution in [0.2, 0.25) is 0 Å². The summed E-state index contributed by atoms with van der Waals surface area (Å²) in [6.07, 6.45) is 7.68. The highest BCUT2D eigenvalue weighted by atomic mass is 15.5. The lowest BCUT2D eigenvalue weighted by Crippen LogP contribution is -2.30. The van der Waals surface area contributed by atoms with Crippen molar-refractivity contribution >= 4 is 34.1 Å². The molecule has 0 amide bonds. The number of anilines is 3. The van der Waals surface area contributed by atoms with Crippen LogP contribution in [-0.2, 0) is 0 Å². The van der Waals surface area contributed by atoms with Crippen LogP contribution in [0.1, 0.15) is 37.6 Å². The molecule has 0 bridgehead atoms. The van der Waals surface area contributed by atoms with Crippen molar-refractivity contribution in [3.8, 4) is 0 Å². The zero-order valence-electron chi connectivity index (χ0n) is 21.7. The number of fused-ring (bicyclic) bond motifs is 1. The van der Waals surface area contributed by atoms with Crippen LogP contribution in [0.15, 0.2) is 78.2 Å². The standard InChI is InChI=1S/C26H29N7.C2H6/c1-6-22(24(27-3)19-10-7-9-18(2)15-19)23-17-30-26-25(29-13-14-33(23)26)31-20-11-8-12-21(16-20)32(5)28-4;1-2/h6-17,28H,1-5H3,(H,29,31);1-2H3/b22-6-,27-24?;. The minimum absolute atomic E-state index is 0.689. The van der Waals surface area contributed by atoms with Crippen molar-refractivity contribution in [3.05, 3.63) is 90.0 Å². The summed E-state index contributed by atoms with van der Waals surface area (Å²) in [5, 5.41) is 5.37. The number of aromatic nitrogens is 3. The van der Waals surface area contributed by atoms with Crippen LogP contribution < -0.4 is 15.8 Å². The molecule has 0 aliphatic rings. The number of nitrogens with zero attached hydrogens (tertiary/aromatic N) is 5. The molecule has 2 aromatic carbocycles. The van der Waals surface area contributed by atoms with Gasteiger partial charge in [0.1, 0.15) is 0 Å². The maximum absolute atomic E-state index is 4.70. The van der Waals surface area contributed by atoms with Gasteiger partial charge in [0.25, 0.3) is 0 Å². The fraction of sp³-hybridized carbons (Fsp3) is 0.250. The molecule has 2 N–H and O–H groups in total. The molecule has 0 aliphatic heterocycles. The van der Waals surface area contributed by atoms with Crippen LogP contribution in [0.4, 0.5) is 17.2 Å². The third-order valence-electron chi connectivity index (χ3n) is 5.59. The summed E-state index contributed by atoms with van der Waals surface area (Å²) in [4.78, 5) is 13.9. The van der Waals surface area contributed by atoms with Gasteiger partial charge in [-0.25, -0.2) is 15.4 Å². The molecule has 4 rings (SSSR count). The number of aryl methyl sites for hydroxylation is 1. The lowest BCUT2D eigenvalue weighted by atomic mass is 9.98. The fourth-order valence-electron chi connectivity index (χ4n) is 3.87. The second kappa shape index (κ2) is 11.9. The Morgan fingerprint density at radius 1 is 1.09 bits per heavy atom. The Balaban J connectivity index is 0.00000167. The largest absolute Gasteiger partial charge is 0.337 e. The Morgan fingerprint density at radius 2 is 1.86 bits per heavy atom. The molecule has 0 spiro atoms. The second-order valence-electron chi connectivity index (χ2n) is 7.71. The topological polar surface area (TPSA) is 69.8 Å². The van der Waals surface area contributed by atoms with E-state index in [1.165, 1.54) is 5.56 Å². The molecule has 0 saturated heterocycles. The highest BCUT2D eigenvalue weighted by Gasteiger charge is 2.17. The Bertz CT molecular complexity index is 1330. The van der Waals surface area contributed by atoms with Gasteiger partial charge in [-0.1, -0.05) is 49.8 Å². The predicted octanol–water partition coefficient (Wildman–Crippen LogP) is 5.90. The van der Waals surface area contributed by atoms with Gasteiger partial charge in [-0.15, -0.1) is 0 Å². The predicted molar refractivity (Wildman–Crippen MR) is 149 cm³/mol. The van der Waals surface area contributed by atoms with Gasteiger partial charge in [-0.2, -0.15) is 0 Å². The van der Waals surface area contributed by atoms with E-state index in [0.29, 0.717) is 5.82 Å². The molecule has 0 unspecified atom stereocenters. The van der Waals surface area contributed by atoms with Crippen LogP contribution in [0.25, 0.3) is 11.2 Å². The normalized spacial score (nSPS) is 11.7. The maximum Gasteiger partial charge on any atom is 0.180 e. The van der Waals surface area contributed by atoms with E-state index in [1.807, 2.05) is 77.5 Å². The van der Waals surface area contributed by atoms with Crippen molar-refractivity contribution in [2.24, 2.45) is 4.99 Å². The third kappa shape index (κ3) is 5.58. The third-order valence-corrected chi connectivity index (χ3v) is 5.59. The second-order valence-corrected chi connectivity index (χ2v) is 7.71. The number of imidazole rings is 1. The molecule has 7 heteroatoms. The molecular formula is C28H35N7. The molecule has 182 valence electrons. The fourth-order valence-corrected chi connectivity index (χ4v) is 3.87. The minimum Gasteiger partial charge on any atom is -0.337 e. The van der Waals surface area contributed by atoms with Gasteiger partial charge in [0, 0.05) is 50.4 Å². The summed E-state index contributed by atoms with van der Waals surface area (Å²) < 4.78 is 2.05. The van der Waals surface area contributed by atoms with E-state index < -0.39 is 0 Å². The van der Waals surface area contributed by atoms with E-state index in [-0.39, 0.29) is 0 Å². The van der Waals surface area contributed by atoms with E-state index in [2.05, 4.69) is 68.5 Å². The Morgan fingerprint density at radius 3 is 2.54 bits per heavy atom. The number of hydrazine groups is 1. The molecule has 0 atom stereocenters. The first-order valence-electron chi connectivity index (χ1n) is 11.9. The first-order chi connectivity index (χ1) is 17.0. The summed E-state index contributed by atoms with van der Waals surface area (Å²) in [6.45, 7) is 8.12. The first-order valence-corrected chi connectivity index (χ1v) is 11.9. The molecule has 7 nitrogen and oxygen atoms in total. The number of hydrogen-bond donors (Lipinski definition) is 2. The summed E-state index contributed by atoms with van der Waals surface area (Å²) in [5.41, 5.74) is 11.0. The number of nitrogens with one attached hydrogen (secondary N) is 2. The molecule has 35 heavy (non-hydrogen) atoms. The molecule has 0 saturated carbocycles. The van der Waals surface area contributed by atoms with Crippen molar-refractivity contribution in [2.45, 2.75) is 27.7 Å². The quantitative estimate of drug-likeness (QED) is 0.260. The lowest BCUT2D eigenvalue weighted by Gasteiger charge is -2.18. The van der Waals surface area contributed by atoms with Crippen LogP contribution in [-0.4, -0.2) is 41.2 Å². The monoisotopic (exact) mass is 469 g/mol. The van der Waals surface area contributed by atoms with Gasteiger partial charge in [-0.3, -0.25) is 9.39 Å². The number of rotatable bonds is 7. The Labute approximate surface area is 208 Å². The highest BCUT2D eigenvalue weighted by molar-refractivity contribution is 6.31. The number of aliphatic imine (C=N–C) groups is 1. The minimum atomic E-state index is 0.689. The Hall–Kier alpha value is -3.97. The van der Waals surface area contributed by atoms with Gasteiger partial charge in [0.2, 0.25) is 0 Å². The van der Waals surface area contributed by atoms with Crippen molar-refractivity contribution in [1.82, 2.24) is 19.8 Å². The first kappa shape index (κ1) is 25.6. The van der Waals surface area contributed by atoms with E-state index in [9.17, 15) is 0 Å². The van der Waals surface area contributed by atoms with E-state index in [4.69, 9.17) is 4.98 Å². The van der Waals surface area contributed by atoms with Gasteiger partial charge < -0.3 is 10.3 Å². The van der Waals surface area contributed by atoms with Crippen molar-refractivity contribution in [2.75, 3.05) is 31.5 Å². The van der Waals surface area contributed by atoms with Gasteiger partial charge in [0.05, 0.1) is 23.3 Å². The molecule has 0 radical (unpaired) electrons. The summed E-state index contributed by atoms with van der Waals surface area (Å²) in [6, 6.07) is 16.5. The molecular weight excluding hydrogens is 434 g/mol. The van der Waals surface area contributed by atoms with Crippen LogP contribution in [0, 0.1) is 6.92 Å². The van der Waals surface area contributed by atoms with Gasteiger partial charge in [-0.05, 0) is 38.1 Å². The molecule has 0 fully saturated rings. The molecule has 0 aliphatic carbocycles. The van der Waals surface area contributed by atoms with Gasteiger partial charge >= 0.3 is 0 Å².